The number of nitrogens with one attached hydrogen (secondary N) is 2. The largest absolute Gasteiger partial charge is 0.355 e. The predicted octanol–water partition coefficient (Wildman–Crippen LogP) is 0.0172. The highest BCUT2D eigenvalue weighted by Gasteiger charge is 2.24. The number of nitrogens with zero attached hydrogens (tertiary/aromatic N) is 2. The Morgan fingerprint density at radius 3 is 2.60 bits per heavy atom. The van der Waals surface area contributed by atoms with Gasteiger partial charge in [-0.05, 0) is 12.8 Å². The lowest BCUT2D eigenvalue weighted by Gasteiger charge is -2.23. The maximum atomic E-state index is 12.3. The fourth-order valence-corrected chi connectivity index (χ4v) is 1.83. The molecule has 0 atom stereocenters. The van der Waals surface area contributed by atoms with Gasteiger partial charge in [-0.2, -0.15) is 5.10 Å². The van der Waals surface area contributed by atoms with Crippen LogP contribution < -0.4 is 10.7 Å². The Labute approximate surface area is 118 Å². The van der Waals surface area contributed by atoms with Crippen molar-refractivity contribution in [3.05, 3.63) is 0 Å². The van der Waals surface area contributed by atoms with Crippen LogP contribution >= 0.6 is 0 Å². The van der Waals surface area contributed by atoms with Crippen molar-refractivity contribution in [2.45, 2.75) is 39.5 Å². The summed E-state index contributed by atoms with van der Waals surface area (Å²) in [5, 5.41) is 6.52. The summed E-state index contributed by atoms with van der Waals surface area (Å²) >= 11 is 0. The van der Waals surface area contributed by atoms with Crippen molar-refractivity contribution in [1.82, 2.24) is 15.6 Å². The first-order chi connectivity index (χ1) is 9.58. The van der Waals surface area contributed by atoms with Crippen LogP contribution in [0.5, 0.6) is 0 Å². The number of hydrogen-bond acceptors (Lipinski definition) is 4. The summed E-state index contributed by atoms with van der Waals surface area (Å²) in [6, 6.07) is 0. The SMILES string of the molecule is CCCNC(=O)CN(CCC)C(=O)C1=NNC(=O)CC1. The number of hydrogen-bond donors (Lipinski definition) is 2. The molecule has 1 heterocycles. The van der Waals surface area contributed by atoms with E-state index in [-0.39, 0.29) is 30.7 Å². The van der Waals surface area contributed by atoms with Crippen LogP contribution in [0.25, 0.3) is 0 Å². The summed E-state index contributed by atoms with van der Waals surface area (Å²) in [6.07, 6.45) is 2.19. The van der Waals surface area contributed by atoms with Gasteiger partial charge in [0.25, 0.3) is 5.91 Å². The molecule has 7 heteroatoms. The highest BCUT2D eigenvalue weighted by molar-refractivity contribution is 6.39. The normalized spacial score (nSPS) is 14.3. The summed E-state index contributed by atoms with van der Waals surface area (Å²) in [6.45, 7) is 5.03. The molecule has 1 aliphatic rings. The van der Waals surface area contributed by atoms with Crippen LogP contribution in [0, 0.1) is 0 Å². The summed E-state index contributed by atoms with van der Waals surface area (Å²) in [4.78, 5) is 36.5. The summed E-state index contributed by atoms with van der Waals surface area (Å²) < 4.78 is 0. The minimum Gasteiger partial charge on any atom is -0.355 e. The first-order valence-corrected chi connectivity index (χ1v) is 6.99. The average molecular weight is 282 g/mol. The molecule has 1 rings (SSSR count). The molecular weight excluding hydrogens is 260 g/mol. The predicted molar refractivity (Wildman–Crippen MR) is 75.0 cm³/mol. The van der Waals surface area contributed by atoms with Gasteiger partial charge in [-0.15, -0.1) is 0 Å². The molecule has 7 nitrogen and oxygen atoms in total. The standard InChI is InChI=1S/C13H22N4O3/c1-3-7-14-12(19)9-17(8-4-2)13(20)10-5-6-11(18)16-15-10/h3-9H2,1-2H3,(H,14,19)(H,16,18). The Bertz CT molecular complexity index is 406. The lowest BCUT2D eigenvalue weighted by atomic mass is 10.1. The van der Waals surface area contributed by atoms with Crippen LogP contribution in [0.3, 0.4) is 0 Å². The van der Waals surface area contributed by atoms with Crippen LogP contribution in [0.15, 0.2) is 5.10 Å². The molecule has 0 bridgehead atoms. The van der Waals surface area contributed by atoms with Gasteiger partial charge in [0.2, 0.25) is 11.8 Å². The van der Waals surface area contributed by atoms with Crippen molar-refractivity contribution in [3.63, 3.8) is 0 Å². The quantitative estimate of drug-likeness (QED) is 0.689. The molecule has 20 heavy (non-hydrogen) atoms. The Morgan fingerprint density at radius 2 is 2.05 bits per heavy atom. The summed E-state index contributed by atoms with van der Waals surface area (Å²) in [5.74, 6) is -0.642. The van der Waals surface area contributed by atoms with Crippen molar-refractivity contribution >= 4 is 23.4 Å². The summed E-state index contributed by atoms with van der Waals surface area (Å²) in [7, 11) is 0. The fourth-order valence-electron chi connectivity index (χ4n) is 1.83. The second-order valence-electron chi connectivity index (χ2n) is 4.67. The van der Waals surface area contributed by atoms with Crippen LogP contribution in [-0.4, -0.2) is 48.0 Å². The van der Waals surface area contributed by atoms with E-state index < -0.39 is 0 Å². The van der Waals surface area contributed by atoms with Gasteiger partial charge in [-0.1, -0.05) is 13.8 Å². The molecule has 1 aliphatic heterocycles. The number of amides is 3. The third-order valence-corrected chi connectivity index (χ3v) is 2.84. The second kappa shape index (κ2) is 8.29. The molecule has 0 aromatic carbocycles. The molecule has 0 saturated carbocycles. The van der Waals surface area contributed by atoms with Gasteiger partial charge < -0.3 is 10.2 Å². The average Bonchev–Trinajstić information content (AvgIpc) is 2.44. The van der Waals surface area contributed by atoms with Crippen LogP contribution in [0.2, 0.25) is 0 Å². The molecule has 0 saturated heterocycles. The van der Waals surface area contributed by atoms with E-state index in [1.54, 1.807) is 0 Å². The number of rotatable bonds is 7. The van der Waals surface area contributed by atoms with Crippen molar-refractivity contribution < 1.29 is 14.4 Å². The zero-order chi connectivity index (χ0) is 15.0. The van der Waals surface area contributed by atoms with E-state index in [1.165, 1.54) is 4.90 Å². The van der Waals surface area contributed by atoms with E-state index in [2.05, 4.69) is 15.8 Å². The zero-order valence-corrected chi connectivity index (χ0v) is 12.1. The third kappa shape index (κ3) is 4.99. The molecule has 3 amide bonds. The Morgan fingerprint density at radius 1 is 1.30 bits per heavy atom. The van der Waals surface area contributed by atoms with Gasteiger partial charge in [-0.3, -0.25) is 14.4 Å². The maximum Gasteiger partial charge on any atom is 0.270 e. The van der Waals surface area contributed by atoms with Crippen molar-refractivity contribution in [2.24, 2.45) is 5.10 Å². The van der Waals surface area contributed by atoms with Gasteiger partial charge in [0.15, 0.2) is 0 Å². The molecule has 0 fully saturated rings. The molecule has 0 spiro atoms. The second-order valence-corrected chi connectivity index (χ2v) is 4.67. The topological polar surface area (TPSA) is 90.9 Å². The zero-order valence-electron chi connectivity index (χ0n) is 12.1. The molecule has 2 N–H and O–H groups in total. The minimum atomic E-state index is -0.279. The number of carbonyl (C=O) groups excluding carboxylic acids is 3. The van der Waals surface area contributed by atoms with E-state index in [1.807, 2.05) is 13.8 Å². The molecular formula is C13H22N4O3. The molecule has 0 aromatic heterocycles. The van der Waals surface area contributed by atoms with Gasteiger partial charge in [0.1, 0.15) is 5.71 Å². The molecule has 112 valence electrons. The first-order valence-electron chi connectivity index (χ1n) is 6.99. The monoisotopic (exact) mass is 282 g/mol. The Kier molecular flexibility index (Phi) is 6.69. The van der Waals surface area contributed by atoms with E-state index >= 15 is 0 Å². The highest BCUT2D eigenvalue weighted by Crippen LogP contribution is 2.04. The molecule has 0 unspecified atom stereocenters. The van der Waals surface area contributed by atoms with Gasteiger partial charge >= 0.3 is 0 Å². The van der Waals surface area contributed by atoms with Crippen LogP contribution in [-0.2, 0) is 14.4 Å². The Hall–Kier alpha value is -1.92. The fraction of sp³-hybridized carbons (Fsp3) is 0.692. The van der Waals surface area contributed by atoms with Crippen molar-refractivity contribution in [2.75, 3.05) is 19.6 Å². The van der Waals surface area contributed by atoms with Crippen LogP contribution in [0.1, 0.15) is 39.5 Å². The number of hydrazone groups is 1. The highest BCUT2D eigenvalue weighted by atomic mass is 16.2. The van der Waals surface area contributed by atoms with E-state index in [4.69, 9.17) is 0 Å². The third-order valence-electron chi connectivity index (χ3n) is 2.84. The maximum absolute atomic E-state index is 12.3. The van der Waals surface area contributed by atoms with E-state index in [0.717, 1.165) is 12.8 Å². The minimum absolute atomic E-state index is 0.0274. The van der Waals surface area contributed by atoms with Gasteiger partial charge in [0.05, 0.1) is 6.54 Å². The molecule has 0 aromatic rings. The smallest absolute Gasteiger partial charge is 0.270 e. The lowest BCUT2D eigenvalue weighted by Crippen LogP contribution is -2.45. The van der Waals surface area contributed by atoms with Crippen molar-refractivity contribution in [3.8, 4) is 0 Å². The van der Waals surface area contributed by atoms with Crippen molar-refractivity contribution in [1.29, 1.82) is 0 Å². The molecule has 0 radical (unpaired) electrons. The van der Waals surface area contributed by atoms with E-state index in [9.17, 15) is 14.4 Å². The summed E-state index contributed by atoms with van der Waals surface area (Å²) in [5.41, 5.74) is 2.61. The molecule has 0 aliphatic carbocycles. The number of carbonyl (C=O) groups is 3. The van der Waals surface area contributed by atoms with E-state index in [0.29, 0.717) is 25.2 Å². The first kappa shape index (κ1) is 16.1. The van der Waals surface area contributed by atoms with Gasteiger partial charge in [0, 0.05) is 25.9 Å². The van der Waals surface area contributed by atoms with Gasteiger partial charge in [-0.25, -0.2) is 5.43 Å². The Balaban J connectivity index is 2.62. The lowest BCUT2D eigenvalue weighted by molar-refractivity contribution is -0.131. The van der Waals surface area contributed by atoms with Crippen LogP contribution in [0.4, 0.5) is 0 Å².